The summed E-state index contributed by atoms with van der Waals surface area (Å²) in [6.07, 6.45) is 5.60. The maximum Gasteiger partial charge on any atom is 0.363 e. The fraction of sp³-hybridized carbons (Fsp3) is 0.385. The number of nitrogens with one attached hydrogen (secondary N) is 3. The molecule has 186 valence electrons. The quantitative estimate of drug-likeness (QED) is 0.363. The van der Waals surface area contributed by atoms with Crippen molar-refractivity contribution in [3.63, 3.8) is 0 Å². The van der Waals surface area contributed by atoms with Crippen LogP contribution in [0, 0.1) is 5.92 Å². The highest BCUT2D eigenvalue weighted by molar-refractivity contribution is 7.92. The summed E-state index contributed by atoms with van der Waals surface area (Å²) < 4.78 is 34.3. The van der Waals surface area contributed by atoms with Crippen molar-refractivity contribution < 1.29 is 17.6 Å². The van der Waals surface area contributed by atoms with Gasteiger partial charge in [-0.1, -0.05) is 45.2 Å². The molecule has 0 saturated heterocycles. The lowest BCUT2D eigenvalue weighted by Crippen LogP contribution is -2.26. The third-order valence-corrected chi connectivity index (χ3v) is 7.41. The van der Waals surface area contributed by atoms with Gasteiger partial charge >= 0.3 is 5.63 Å². The first-order valence-electron chi connectivity index (χ1n) is 12.0. The van der Waals surface area contributed by atoms with E-state index in [1.807, 2.05) is 19.9 Å². The van der Waals surface area contributed by atoms with Crippen LogP contribution in [0.2, 0.25) is 0 Å². The van der Waals surface area contributed by atoms with Crippen molar-refractivity contribution >= 4 is 44.0 Å². The van der Waals surface area contributed by atoms with E-state index in [1.165, 1.54) is 30.7 Å². The third-order valence-electron chi connectivity index (χ3n) is 6.05. The molecule has 3 aromatic rings. The van der Waals surface area contributed by atoms with Crippen LogP contribution >= 0.6 is 0 Å². The molecule has 9 heteroatoms. The number of benzene rings is 2. The number of hydrogen-bond donors (Lipinski definition) is 3. The van der Waals surface area contributed by atoms with E-state index in [4.69, 9.17) is 4.42 Å². The lowest BCUT2D eigenvalue weighted by Gasteiger charge is -2.25. The largest absolute Gasteiger partial charge is 0.421 e. The summed E-state index contributed by atoms with van der Waals surface area (Å²) in [6.45, 7) is 3.89. The Hall–Kier alpha value is -3.33. The van der Waals surface area contributed by atoms with Crippen molar-refractivity contribution in [2.24, 2.45) is 5.92 Å². The van der Waals surface area contributed by atoms with E-state index in [9.17, 15) is 18.0 Å². The van der Waals surface area contributed by atoms with Crippen molar-refractivity contribution in [2.75, 3.05) is 15.4 Å². The van der Waals surface area contributed by atoms with E-state index in [-0.39, 0.29) is 28.4 Å². The Morgan fingerprint density at radius 3 is 2.37 bits per heavy atom. The molecule has 3 N–H and O–H groups in total. The molecule has 0 radical (unpaired) electrons. The van der Waals surface area contributed by atoms with E-state index in [0.29, 0.717) is 28.8 Å². The van der Waals surface area contributed by atoms with Gasteiger partial charge in [0.25, 0.3) is 10.0 Å². The number of rotatable bonds is 8. The fourth-order valence-corrected chi connectivity index (χ4v) is 5.40. The number of amides is 1. The summed E-state index contributed by atoms with van der Waals surface area (Å²) in [7, 11) is -4.09. The fourth-order valence-electron chi connectivity index (χ4n) is 4.34. The number of sulfonamides is 1. The smallest absolute Gasteiger partial charge is 0.363 e. The average Bonchev–Trinajstić information content (AvgIpc) is 2.82. The molecule has 0 spiro atoms. The lowest BCUT2D eigenvalue weighted by atomic mass is 9.95. The summed E-state index contributed by atoms with van der Waals surface area (Å²) >= 11 is 0. The Balaban J connectivity index is 1.64. The van der Waals surface area contributed by atoms with Gasteiger partial charge in [0, 0.05) is 23.5 Å². The minimum Gasteiger partial charge on any atom is -0.421 e. The van der Waals surface area contributed by atoms with Gasteiger partial charge in [-0.3, -0.25) is 9.52 Å². The van der Waals surface area contributed by atoms with Gasteiger partial charge in [-0.2, -0.15) is 0 Å². The normalized spacial score (nSPS) is 14.7. The number of hydrogen-bond acceptors (Lipinski definition) is 6. The molecule has 1 amide bonds. The molecule has 35 heavy (non-hydrogen) atoms. The summed E-state index contributed by atoms with van der Waals surface area (Å²) in [5.41, 5.74) is 0.427. The van der Waals surface area contributed by atoms with Gasteiger partial charge in [-0.25, -0.2) is 13.2 Å². The predicted octanol–water partition coefficient (Wildman–Crippen LogP) is 5.32. The molecule has 1 heterocycles. The van der Waals surface area contributed by atoms with Gasteiger partial charge in [-0.05, 0) is 55.2 Å². The topological polar surface area (TPSA) is 118 Å². The molecule has 1 aliphatic rings. The summed E-state index contributed by atoms with van der Waals surface area (Å²) in [5, 5.41) is 6.81. The van der Waals surface area contributed by atoms with Crippen LogP contribution in [0.5, 0.6) is 0 Å². The number of carbonyl (C=O) groups is 1. The molecular formula is C26H31N3O5S. The van der Waals surface area contributed by atoms with Gasteiger partial charge in [0.05, 0.1) is 10.6 Å². The molecule has 0 unspecified atom stereocenters. The number of para-hydroxylation sites is 1. The Morgan fingerprint density at radius 1 is 1.00 bits per heavy atom. The minimum atomic E-state index is -4.09. The van der Waals surface area contributed by atoms with Crippen molar-refractivity contribution in [3.8, 4) is 0 Å². The number of anilines is 3. The van der Waals surface area contributed by atoms with Gasteiger partial charge in [0.2, 0.25) is 5.91 Å². The number of fused-ring (bicyclic) bond motifs is 1. The highest BCUT2D eigenvalue weighted by Crippen LogP contribution is 2.33. The molecule has 1 fully saturated rings. The zero-order valence-corrected chi connectivity index (χ0v) is 20.8. The van der Waals surface area contributed by atoms with Crippen LogP contribution in [0.4, 0.5) is 17.1 Å². The van der Waals surface area contributed by atoms with E-state index < -0.39 is 15.6 Å². The zero-order chi connectivity index (χ0) is 25.0. The molecule has 0 atom stereocenters. The van der Waals surface area contributed by atoms with Gasteiger partial charge in [0.15, 0.2) is 5.69 Å². The van der Waals surface area contributed by atoms with Crippen molar-refractivity contribution in [1.82, 2.24) is 0 Å². The summed E-state index contributed by atoms with van der Waals surface area (Å²) in [4.78, 5) is 24.9. The van der Waals surface area contributed by atoms with Crippen LogP contribution in [-0.2, 0) is 14.8 Å². The summed E-state index contributed by atoms with van der Waals surface area (Å²) in [6, 6.07) is 13.1. The van der Waals surface area contributed by atoms with Gasteiger partial charge in [-0.15, -0.1) is 0 Å². The molecule has 4 rings (SSSR count). The predicted molar refractivity (Wildman–Crippen MR) is 138 cm³/mol. The molecule has 1 aliphatic carbocycles. The molecule has 0 aliphatic heterocycles. The summed E-state index contributed by atoms with van der Waals surface area (Å²) in [5.74, 6) is 0.0739. The Kier molecular flexibility index (Phi) is 7.45. The first-order chi connectivity index (χ1) is 16.7. The maximum absolute atomic E-state index is 13.2. The van der Waals surface area contributed by atoms with Crippen LogP contribution in [-0.4, -0.2) is 20.4 Å². The van der Waals surface area contributed by atoms with Gasteiger partial charge < -0.3 is 15.1 Å². The first kappa shape index (κ1) is 24.8. The zero-order valence-electron chi connectivity index (χ0n) is 20.0. The van der Waals surface area contributed by atoms with Crippen molar-refractivity contribution in [3.05, 3.63) is 59.0 Å². The average molecular weight is 498 g/mol. The Labute approximate surface area is 205 Å². The van der Waals surface area contributed by atoms with E-state index in [1.54, 1.807) is 18.2 Å². The monoisotopic (exact) mass is 497 g/mol. The SMILES string of the molecule is CC(C)CC(=O)Nc1ccc(S(=O)(=O)Nc2c(NC3CCCCC3)c3ccccc3oc2=O)cc1. The number of carbonyl (C=O) groups excluding carboxylic acids is 1. The van der Waals surface area contributed by atoms with Crippen LogP contribution in [0.25, 0.3) is 11.0 Å². The van der Waals surface area contributed by atoms with Crippen LogP contribution < -0.4 is 21.0 Å². The van der Waals surface area contributed by atoms with Crippen LogP contribution in [0.15, 0.2) is 62.6 Å². The standard InChI is InChI=1S/C26H31N3O5S/c1-17(2)16-23(30)27-19-12-14-20(15-13-19)35(32,33)29-25-24(28-18-8-4-3-5-9-18)21-10-6-7-11-22(21)34-26(25)31/h6-7,10-15,17-18,28-29H,3-5,8-9,16H2,1-2H3,(H,27,30). The minimum absolute atomic E-state index is 0.0319. The molecule has 0 bridgehead atoms. The molecule has 1 aromatic heterocycles. The molecular weight excluding hydrogens is 466 g/mol. The highest BCUT2D eigenvalue weighted by atomic mass is 32.2. The van der Waals surface area contributed by atoms with Crippen LogP contribution in [0.1, 0.15) is 52.4 Å². The highest BCUT2D eigenvalue weighted by Gasteiger charge is 2.24. The molecule has 1 saturated carbocycles. The second-order valence-electron chi connectivity index (χ2n) is 9.39. The molecule has 8 nitrogen and oxygen atoms in total. The maximum atomic E-state index is 13.2. The molecule has 2 aromatic carbocycles. The Bertz CT molecular complexity index is 1360. The van der Waals surface area contributed by atoms with Crippen LogP contribution in [0.3, 0.4) is 0 Å². The Morgan fingerprint density at radius 2 is 1.69 bits per heavy atom. The van der Waals surface area contributed by atoms with Crippen molar-refractivity contribution in [1.29, 1.82) is 0 Å². The van der Waals surface area contributed by atoms with Gasteiger partial charge in [0.1, 0.15) is 5.58 Å². The second-order valence-corrected chi connectivity index (χ2v) is 11.1. The van der Waals surface area contributed by atoms with E-state index in [2.05, 4.69) is 15.4 Å². The van der Waals surface area contributed by atoms with Crippen molar-refractivity contribution in [2.45, 2.75) is 63.3 Å². The second kappa shape index (κ2) is 10.5. The third kappa shape index (κ3) is 6.03. The first-order valence-corrected chi connectivity index (χ1v) is 13.5. The lowest BCUT2D eigenvalue weighted by molar-refractivity contribution is -0.116. The van der Waals surface area contributed by atoms with E-state index >= 15 is 0 Å². The van der Waals surface area contributed by atoms with E-state index in [0.717, 1.165) is 25.7 Å².